The first-order valence-electron chi connectivity index (χ1n) is 16.3. The third-order valence-electron chi connectivity index (χ3n) is 9.61. The highest BCUT2D eigenvalue weighted by atomic mass is 15.0. The molecule has 3 nitrogen and oxygen atoms in total. The highest BCUT2D eigenvalue weighted by Crippen LogP contribution is 2.49. The van der Waals surface area contributed by atoms with Crippen molar-refractivity contribution in [3.05, 3.63) is 181 Å². The highest BCUT2D eigenvalue weighted by Gasteiger charge is 2.23. The maximum atomic E-state index is 10.2. The van der Waals surface area contributed by atoms with Gasteiger partial charge in [-0.25, -0.2) is 4.85 Å². The van der Waals surface area contributed by atoms with Gasteiger partial charge >= 0.3 is 0 Å². The molecule has 3 heteroatoms. The van der Waals surface area contributed by atoms with Crippen molar-refractivity contribution in [2.75, 3.05) is 0 Å². The lowest BCUT2D eigenvalue weighted by Crippen LogP contribution is -1.96. The Labute approximate surface area is 284 Å². The first kappa shape index (κ1) is 28.3. The van der Waals surface area contributed by atoms with Crippen LogP contribution in [0.1, 0.15) is 5.56 Å². The van der Waals surface area contributed by atoms with Crippen LogP contribution in [0.3, 0.4) is 0 Å². The molecule has 1 heterocycles. The van der Waals surface area contributed by atoms with E-state index in [9.17, 15) is 5.26 Å². The van der Waals surface area contributed by atoms with Crippen LogP contribution in [0.5, 0.6) is 0 Å². The summed E-state index contributed by atoms with van der Waals surface area (Å²) in [5.41, 5.74) is 10.1. The molecule has 9 rings (SSSR count). The standard InChI is InChI=1S/C46H27N3/c1-48-41-27-30(29-47)26-40(32-16-13-17-33(28-32)49-42-24-11-9-18-34(42)35-19-10-12-25-43(35)49)46(41)45-38-22-7-5-20-36(38)44(31-14-3-2-4-15-31)37-21-6-8-23-39(37)45/h2-28H. The molecule has 0 unspecified atom stereocenters. The normalized spacial score (nSPS) is 11.2. The van der Waals surface area contributed by atoms with Crippen LogP contribution in [0.15, 0.2) is 164 Å². The van der Waals surface area contributed by atoms with Gasteiger partial charge in [0, 0.05) is 22.0 Å². The Kier molecular flexibility index (Phi) is 6.58. The number of nitriles is 1. The number of hydrogen-bond donors (Lipinski definition) is 0. The Morgan fingerprint density at radius 3 is 1.55 bits per heavy atom. The van der Waals surface area contributed by atoms with E-state index in [1.54, 1.807) is 6.07 Å². The zero-order chi connectivity index (χ0) is 32.9. The molecule has 0 saturated carbocycles. The molecule has 9 aromatic rings. The van der Waals surface area contributed by atoms with Crippen LogP contribution in [-0.4, -0.2) is 4.57 Å². The van der Waals surface area contributed by atoms with Crippen molar-refractivity contribution in [1.82, 2.24) is 4.57 Å². The van der Waals surface area contributed by atoms with Gasteiger partial charge in [-0.05, 0) is 91.3 Å². The van der Waals surface area contributed by atoms with Gasteiger partial charge in [-0.3, -0.25) is 0 Å². The molecular formula is C46H27N3. The van der Waals surface area contributed by atoms with Crippen LogP contribution in [-0.2, 0) is 0 Å². The van der Waals surface area contributed by atoms with E-state index in [0.29, 0.717) is 11.3 Å². The Balaban J connectivity index is 1.38. The summed E-state index contributed by atoms with van der Waals surface area (Å²) in [6.07, 6.45) is 0. The van der Waals surface area contributed by atoms with Crippen molar-refractivity contribution in [3.63, 3.8) is 0 Å². The first-order chi connectivity index (χ1) is 24.2. The quantitative estimate of drug-likeness (QED) is 0.142. The molecule has 0 aliphatic carbocycles. The van der Waals surface area contributed by atoms with Gasteiger partial charge < -0.3 is 4.57 Å². The molecule has 0 fully saturated rings. The van der Waals surface area contributed by atoms with Gasteiger partial charge in [0.1, 0.15) is 0 Å². The van der Waals surface area contributed by atoms with Gasteiger partial charge in [0.05, 0.1) is 23.7 Å². The second-order valence-electron chi connectivity index (χ2n) is 12.3. The number of fused-ring (bicyclic) bond motifs is 5. The zero-order valence-electron chi connectivity index (χ0n) is 26.4. The Bertz CT molecular complexity index is 2740. The minimum absolute atomic E-state index is 0.457. The van der Waals surface area contributed by atoms with E-state index in [4.69, 9.17) is 6.57 Å². The summed E-state index contributed by atoms with van der Waals surface area (Å²) >= 11 is 0. The van der Waals surface area contributed by atoms with Crippen molar-refractivity contribution in [2.45, 2.75) is 0 Å². The van der Waals surface area contributed by atoms with Crippen LogP contribution in [0, 0.1) is 17.9 Å². The molecular weight excluding hydrogens is 595 g/mol. The van der Waals surface area contributed by atoms with E-state index in [1.807, 2.05) is 12.1 Å². The predicted molar refractivity (Wildman–Crippen MR) is 203 cm³/mol. The van der Waals surface area contributed by atoms with Crippen LogP contribution >= 0.6 is 0 Å². The van der Waals surface area contributed by atoms with E-state index in [1.165, 1.54) is 16.3 Å². The van der Waals surface area contributed by atoms with Gasteiger partial charge in [-0.1, -0.05) is 127 Å². The molecule has 0 bridgehead atoms. The summed E-state index contributed by atoms with van der Waals surface area (Å²) < 4.78 is 2.30. The lowest BCUT2D eigenvalue weighted by Gasteiger charge is -2.21. The van der Waals surface area contributed by atoms with Gasteiger partial charge in [-0.2, -0.15) is 5.26 Å². The molecule has 0 amide bonds. The average molecular weight is 622 g/mol. The summed E-state index contributed by atoms with van der Waals surface area (Å²) in [5.74, 6) is 0. The number of para-hydroxylation sites is 2. The SMILES string of the molecule is [C-]#[N+]c1cc(C#N)cc(-c2cccc(-n3c4ccccc4c4ccccc43)c2)c1-c1c2ccccc2c(-c2ccccc2)c2ccccc12. The van der Waals surface area contributed by atoms with Crippen LogP contribution in [0.25, 0.3) is 87.3 Å². The van der Waals surface area contributed by atoms with Crippen LogP contribution in [0.2, 0.25) is 0 Å². The maximum absolute atomic E-state index is 10.2. The van der Waals surface area contributed by atoms with Crippen molar-refractivity contribution in [1.29, 1.82) is 5.26 Å². The maximum Gasteiger partial charge on any atom is 0.196 e. The number of nitrogens with zero attached hydrogens (tertiary/aromatic N) is 3. The molecule has 226 valence electrons. The van der Waals surface area contributed by atoms with Crippen LogP contribution in [0.4, 0.5) is 5.69 Å². The molecule has 0 atom stereocenters. The monoisotopic (exact) mass is 621 g/mol. The third kappa shape index (κ3) is 4.42. The second kappa shape index (κ2) is 11.4. The fraction of sp³-hybridized carbons (Fsp3) is 0. The van der Waals surface area contributed by atoms with Gasteiger partial charge in [0.15, 0.2) is 5.69 Å². The Morgan fingerprint density at radius 2 is 0.980 bits per heavy atom. The minimum Gasteiger partial charge on any atom is -0.309 e. The van der Waals surface area contributed by atoms with Crippen molar-refractivity contribution < 1.29 is 0 Å². The lowest BCUT2D eigenvalue weighted by molar-refractivity contribution is 1.18. The summed E-state index contributed by atoms with van der Waals surface area (Å²) in [5, 5.41) is 16.9. The van der Waals surface area contributed by atoms with E-state index < -0.39 is 0 Å². The fourth-order valence-electron chi connectivity index (χ4n) is 7.60. The molecule has 0 N–H and O–H groups in total. The van der Waals surface area contributed by atoms with Crippen molar-refractivity contribution in [2.24, 2.45) is 0 Å². The van der Waals surface area contributed by atoms with Gasteiger partial charge in [0.25, 0.3) is 0 Å². The van der Waals surface area contributed by atoms with E-state index in [2.05, 4.69) is 161 Å². The predicted octanol–water partition coefficient (Wildman–Crippen LogP) is 12.5. The van der Waals surface area contributed by atoms with Crippen molar-refractivity contribution >= 4 is 49.0 Å². The van der Waals surface area contributed by atoms with Crippen LogP contribution < -0.4 is 0 Å². The molecule has 0 aliphatic heterocycles. The lowest BCUT2D eigenvalue weighted by atomic mass is 9.82. The topological polar surface area (TPSA) is 33.1 Å². The molecule has 1 aromatic heterocycles. The van der Waals surface area contributed by atoms with E-state index in [-0.39, 0.29) is 0 Å². The third-order valence-corrected chi connectivity index (χ3v) is 9.61. The molecule has 49 heavy (non-hydrogen) atoms. The Morgan fingerprint density at radius 1 is 0.469 bits per heavy atom. The minimum atomic E-state index is 0.457. The Hall–Kier alpha value is -6.94. The highest BCUT2D eigenvalue weighted by molar-refractivity contribution is 6.23. The largest absolute Gasteiger partial charge is 0.309 e. The number of rotatable bonds is 4. The van der Waals surface area contributed by atoms with Gasteiger partial charge in [-0.15, -0.1) is 0 Å². The number of benzene rings is 8. The molecule has 0 radical (unpaired) electrons. The second-order valence-corrected chi connectivity index (χ2v) is 12.3. The summed E-state index contributed by atoms with van der Waals surface area (Å²) in [4.78, 5) is 4.08. The summed E-state index contributed by atoms with van der Waals surface area (Å²) in [6, 6.07) is 59.0. The summed E-state index contributed by atoms with van der Waals surface area (Å²) in [6.45, 7) is 8.41. The van der Waals surface area contributed by atoms with Gasteiger partial charge in [0.2, 0.25) is 0 Å². The first-order valence-corrected chi connectivity index (χ1v) is 16.3. The average Bonchev–Trinajstić information content (AvgIpc) is 3.51. The van der Waals surface area contributed by atoms with E-state index in [0.717, 1.165) is 66.1 Å². The summed E-state index contributed by atoms with van der Waals surface area (Å²) in [7, 11) is 0. The zero-order valence-corrected chi connectivity index (χ0v) is 26.4. The number of hydrogen-bond acceptors (Lipinski definition) is 1. The van der Waals surface area contributed by atoms with Crippen molar-refractivity contribution in [3.8, 4) is 45.1 Å². The van der Waals surface area contributed by atoms with E-state index >= 15 is 0 Å². The molecule has 0 aliphatic rings. The number of aromatic nitrogens is 1. The molecule has 0 saturated heterocycles. The fourth-order valence-corrected chi connectivity index (χ4v) is 7.60. The smallest absolute Gasteiger partial charge is 0.196 e. The molecule has 0 spiro atoms. The molecule has 8 aromatic carbocycles.